The molecule has 0 aliphatic heterocycles. The first-order valence-electron chi connectivity index (χ1n) is 6.35. The number of rotatable bonds is 3. The van der Waals surface area contributed by atoms with E-state index in [1.807, 2.05) is 26.0 Å². The van der Waals surface area contributed by atoms with E-state index in [1.165, 1.54) is 5.56 Å². The summed E-state index contributed by atoms with van der Waals surface area (Å²) in [6, 6.07) is 10.3. The van der Waals surface area contributed by atoms with Gasteiger partial charge >= 0.3 is 0 Å². The van der Waals surface area contributed by atoms with Crippen LogP contribution >= 0.6 is 0 Å². The van der Waals surface area contributed by atoms with Gasteiger partial charge in [0.2, 0.25) is 0 Å². The second kappa shape index (κ2) is 5.15. The fraction of sp³-hybridized carbons (Fsp3) is 0.333. The molecule has 0 unspecified atom stereocenters. The standard InChI is InChI=1S/C15H18N4/c1-10(2)14-13(8-16)15(17)19(18-14)9-12-7-5-4-6-11(12)3/h4-7,10H,9,17H2,1-3H3. The Labute approximate surface area is 113 Å². The van der Waals surface area contributed by atoms with Gasteiger partial charge in [0.1, 0.15) is 17.5 Å². The minimum absolute atomic E-state index is 0.190. The first-order chi connectivity index (χ1) is 9.04. The highest BCUT2D eigenvalue weighted by Crippen LogP contribution is 2.24. The van der Waals surface area contributed by atoms with Gasteiger partial charge in [-0.25, -0.2) is 4.68 Å². The molecule has 0 amide bonds. The summed E-state index contributed by atoms with van der Waals surface area (Å²) in [5.74, 6) is 0.643. The number of nitrogens with zero attached hydrogens (tertiary/aromatic N) is 3. The number of hydrogen-bond donors (Lipinski definition) is 1. The Morgan fingerprint density at radius 3 is 2.58 bits per heavy atom. The SMILES string of the molecule is Cc1ccccc1Cn1nc(C(C)C)c(C#N)c1N. The minimum atomic E-state index is 0.190. The van der Waals surface area contributed by atoms with E-state index in [0.717, 1.165) is 11.3 Å². The quantitative estimate of drug-likeness (QED) is 0.915. The maximum atomic E-state index is 9.20. The van der Waals surface area contributed by atoms with Gasteiger partial charge in [-0.05, 0) is 24.0 Å². The molecule has 0 fully saturated rings. The molecule has 0 aliphatic carbocycles. The van der Waals surface area contributed by atoms with Crippen molar-refractivity contribution in [1.82, 2.24) is 9.78 Å². The summed E-state index contributed by atoms with van der Waals surface area (Å²) in [5, 5.41) is 13.7. The van der Waals surface area contributed by atoms with Gasteiger partial charge in [-0.2, -0.15) is 10.4 Å². The second-order valence-electron chi connectivity index (χ2n) is 5.00. The normalized spacial score (nSPS) is 10.7. The Balaban J connectivity index is 2.42. The van der Waals surface area contributed by atoms with E-state index in [-0.39, 0.29) is 5.92 Å². The van der Waals surface area contributed by atoms with E-state index in [2.05, 4.69) is 30.2 Å². The summed E-state index contributed by atoms with van der Waals surface area (Å²) < 4.78 is 1.72. The first-order valence-corrected chi connectivity index (χ1v) is 6.35. The van der Waals surface area contributed by atoms with Crippen molar-refractivity contribution >= 4 is 5.82 Å². The third-order valence-corrected chi connectivity index (χ3v) is 3.26. The molecule has 0 atom stereocenters. The Hall–Kier alpha value is -2.28. The number of benzene rings is 1. The Morgan fingerprint density at radius 1 is 1.37 bits per heavy atom. The molecule has 0 spiro atoms. The van der Waals surface area contributed by atoms with E-state index in [4.69, 9.17) is 5.73 Å². The van der Waals surface area contributed by atoms with Gasteiger partial charge in [-0.3, -0.25) is 0 Å². The maximum absolute atomic E-state index is 9.20. The van der Waals surface area contributed by atoms with Gasteiger partial charge in [0.25, 0.3) is 0 Å². The maximum Gasteiger partial charge on any atom is 0.140 e. The molecule has 19 heavy (non-hydrogen) atoms. The van der Waals surface area contributed by atoms with Crippen molar-refractivity contribution in [3.8, 4) is 6.07 Å². The Bertz CT molecular complexity index is 632. The van der Waals surface area contributed by atoms with Crippen LogP contribution in [0.2, 0.25) is 0 Å². The number of aromatic nitrogens is 2. The lowest BCUT2D eigenvalue weighted by Crippen LogP contribution is -2.07. The first kappa shape index (κ1) is 13.2. The van der Waals surface area contributed by atoms with Crippen LogP contribution < -0.4 is 5.73 Å². The van der Waals surface area contributed by atoms with Crippen LogP contribution in [0.15, 0.2) is 24.3 Å². The van der Waals surface area contributed by atoms with Crippen molar-refractivity contribution in [2.45, 2.75) is 33.2 Å². The third-order valence-electron chi connectivity index (χ3n) is 3.26. The van der Waals surface area contributed by atoms with Crippen LogP contribution in [0.1, 0.15) is 42.1 Å². The van der Waals surface area contributed by atoms with Crippen molar-refractivity contribution in [1.29, 1.82) is 5.26 Å². The summed E-state index contributed by atoms with van der Waals surface area (Å²) in [6.07, 6.45) is 0. The molecular weight excluding hydrogens is 236 g/mol. The molecular formula is C15H18N4. The van der Waals surface area contributed by atoms with Crippen LogP contribution in [-0.4, -0.2) is 9.78 Å². The third kappa shape index (κ3) is 2.45. The molecule has 0 radical (unpaired) electrons. The van der Waals surface area contributed by atoms with Crippen LogP contribution in [-0.2, 0) is 6.54 Å². The van der Waals surface area contributed by atoms with E-state index < -0.39 is 0 Å². The zero-order valence-electron chi connectivity index (χ0n) is 11.5. The molecule has 0 saturated carbocycles. The minimum Gasteiger partial charge on any atom is -0.383 e. The van der Waals surface area contributed by atoms with Gasteiger partial charge in [0, 0.05) is 0 Å². The van der Waals surface area contributed by atoms with E-state index in [9.17, 15) is 5.26 Å². The van der Waals surface area contributed by atoms with Crippen LogP contribution in [0.5, 0.6) is 0 Å². The lowest BCUT2D eigenvalue weighted by atomic mass is 10.1. The topological polar surface area (TPSA) is 67.6 Å². The average Bonchev–Trinajstić information content (AvgIpc) is 2.69. The fourth-order valence-electron chi connectivity index (χ4n) is 2.08. The van der Waals surface area contributed by atoms with E-state index in [1.54, 1.807) is 4.68 Å². The lowest BCUT2D eigenvalue weighted by molar-refractivity contribution is 0.662. The summed E-state index contributed by atoms with van der Waals surface area (Å²) >= 11 is 0. The number of anilines is 1. The predicted octanol–water partition coefficient (Wildman–Crippen LogP) is 2.82. The highest BCUT2D eigenvalue weighted by atomic mass is 15.3. The number of nitrogens with two attached hydrogens (primary N) is 1. The summed E-state index contributed by atoms with van der Waals surface area (Å²) in [6.45, 7) is 6.69. The second-order valence-corrected chi connectivity index (χ2v) is 5.00. The van der Waals surface area contributed by atoms with Crippen molar-refractivity contribution in [2.24, 2.45) is 0 Å². The fourth-order valence-corrected chi connectivity index (χ4v) is 2.08. The highest BCUT2D eigenvalue weighted by molar-refractivity contribution is 5.53. The molecule has 0 aliphatic rings. The van der Waals surface area contributed by atoms with Crippen LogP contribution in [0.4, 0.5) is 5.82 Å². The Morgan fingerprint density at radius 2 is 2.05 bits per heavy atom. The number of hydrogen-bond acceptors (Lipinski definition) is 3. The zero-order chi connectivity index (χ0) is 14.0. The van der Waals surface area contributed by atoms with Crippen molar-refractivity contribution < 1.29 is 0 Å². The average molecular weight is 254 g/mol. The molecule has 4 nitrogen and oxygen atoms in total. The number of nitrogen functional groups attached to an aromatic ring is 1. The van der Waals surface area contributed by atoms with Crippen LogP contribution in [0.25, 0.3) is 0 Å². The summed E-state index contributed by atoms with van der Waals surface area (Å²) in [7, 11) is 0. The van der Waals surface area contributed by atoms with Gasteiger partial charge in [-0.1, -0.05) is 38.1 Å². The molecule has 1 aromatic heterocycles. The molecule has 1 aromatic carbocycles. The number of nitriles is 1. The monoisotopic (exact) mass is 254 g/mol. The van der Waals surface area contributed by atoms with Crippen molar-refractivity contribution in [3.63, 3.8) is 0 Å². The predicted molar refractivity (Wildman–Crippen MR) is 75.7 cm³/mol. The molecule has 4 heteroatoms. The highest BCUT2D eigenvalue weighted by Gasteiger charge is 2.18. The van der Waals surface area contributed by atoms with Crippen LogP contribution in [0, 0.1) is 18.3 Å². The van der Waals surface area contributed by atoms with Crippen molar-refractivity contribution in [3.05, 3.63) is 46.6 Å². The molecule has 0 saturated heterocycles. The summed E-state index contributed by atoms with van der Waals surface area (Å²) in [4.78, 5) is 0. The van der Waals surface area contributed by atoms with Crippen molar-refractivity contribution in [2.75, 3.05) is 5.73 Å². The largest absolute Gasteiger partial charge is 0.383 e. The van der Waals surface area contributed by atoms with Gasteiger partial charge in [-0.15, -0.1) is 0 Å². The molecule has 0 bridgehead atoms. The number of aryl methyl sites for hydroxylation is 1. The van der Waals surface area contributed by atoms with Gasteiger partial charge in [0.15, 0.2) is 0 Å². The lowest BCUT2D eigenvalue weighted by Gasteiger charge is -2.07. The van der Waals surface area contributed by atoms with Crippen LogP contribution in [0.3, 0.4) is 0 Å². The molecule has 98 valence electrons. The molecule has 2 N–H and O–H groups in total. The summed E-state index contributed by atoms with van der Waals surface area (Å²) in [5.41, 5.74) is 9.66. The van der Waals surface area contributed by atoms with E-state index >= 15 is 0 Å². The smallest absolute Gasteiger partial charge is 0.140 e. The Kier molecular flexibility index (Phi) is 3.57. The van der Waals surface area contributed by atoms with Gasteiger partial charge in [0.05, 0.1) is 12.2 Å². The molecule has 1 heterocycles. The molecule has 2 rings (SSSR count). The van der Waals surface area contributed by atoms with Gasteiger partial charge < -0.3 is 5.73 Å². The molecule has 2 aromatic rings. The zero-order valence-corrected chi connectivity index (χ0v) is 11.5. The van der Waals surface area contributed by atoms with E-state index in [0.29, 0.717) is 17.9 Å².